The first kappa shape index (κ1) is 12.7. The van der Waals surface area contributed by atoms with Gasteiger partial charge in [-0.25, -0.2) is 0 Å². The minimum Gasteiger partial charge on any atom is -0.329 e. The number of rotatable bonds is 2. The second kappa shape index (κ2) is 4.34. The molecule has 3 rings (SSSR count). The van der Waals surface area contributed by atoms with Crippen LogP contribution in [-0.2, 0) is 16.8 Å². The lowest BCUT2D eigenvalue weighted by molar-refractivity contribution is -0.139. The van der Waals surface area contributed by atoms with Crippen molar-refractivity contribution in [2.45, 2.75) is 50.7 Å². The Morgan fingerprint density at radius 1 is 1.26 bits per heavy atom. The summed E-state index contributed by atoms with van der Waals surface area (Å²) in [6.45, 7) is 4.36. The third kappa shape index (κ3) is 1.96. The molecule has 0 bridgehead atoms. The Hall–Kier alpha value is -1.35. The molecule has 1 aliphatic heterocycles. The van der Waals surface area contributed by atoms with Crippen LogP contribution in [0.25, 0.3) is 0 Å². The number of likely N-dealkylation sites (N-methyl/N-ethyl adjacent to an activating group) is 1. The van der Waals surface area contributed by atoms with Crippen molar-refractivity contribution < 1.29 is 4.79 Å². The summed E-state index contributed by atoms with van der Waals surface area (Å²) in [5, 5.41) is 3.19. The fourth-order valence-electron chi connectivity index (χ4n) is 3.37. The van der Waals surface area contributed by atoms with Gasteiger partial charge in [-0.1, -0.05) is 24.3 Å². The molecule has 1 aromatic carbocycles. The Kier molecular flexibility index (Phi) is 2.90. The van der Waals surface area contributed by atoms with Gasteiger partial charge in [0, 0.05) is 6.04 Å². The summed E-state index contributed by atoms with van der Waals surface area (Å²) in [5.41, 5.74) is 2.39. The van der Waals surface area contributed by atoms with Gasteiger partial charge in [0.25, 0.3) is 0 Å². The van der Waals surface area contributed by atoms with E-state index < -0.39 is 0 Å². The van der Waals surface area contributed by atoms with E-state index in [1.165, 1.54) is 11.1 Å². The van der Waals surface area contributed by atoms with Gasteiger partial charge in [0.1, 0.15) is 0 Å². The molecule has 0 spiro atoms. The van der Waals surface area contributed by atoms with Crippen LogP contribution in [0.4, 0.5) is 0 Å². The van der Waals surface area contributed by atoms with Crippen LogP contribution < -0.4 is 5.32 Å². The number of fused-ring (bicyclic) bond motifs is 1. The molecule has 1 N–H and O–H groups in total. The van der Waals surface area contributed by atoms with Gasteiger partial charge in [0.05, 0.1) is 11.6 Å². The van der Waals surface area contributed by atoms with Gasteiger partial charge in [-0.2, -0.15) is 0 Å². The lowest BCUT2D eigenvalue weighted by Crippen LogP contribution is -2.52. The standard InChI is InChI=1S/C16H22N2O/c1-16(2)13-7-5-4-6-11(13)10-14(17-3)15(19)18(16)12-8-9-12/h4-7,12,14,17H,8-10H2,1-3H3. The highest BCUT2D eigenvalue weighted by molar-refractivity contribution is 5.84. The number of benzene rings is 1. The average molecular weight is 258 g/mol. The highest BCUT2D eigenvalue weighted by atomic mass is 16.2. The van der Waals surface area contributed by atoms with Crippen molar-refractivity contribution in [3.63, 3.8) is 0 Å². The predicted molar refractivity (Wildman–Crippen MR) is 75.9 cm³/mol. The lowest BCUT2D eigenvalue weighted by atomic mass is 9.88. The summed E-state index contributed by atoms with van der Waals surface area (Å²) < 4.78 is 0. The molecule has 1 aliphatic carbocycles. The van der Waals surface area contributed by atoms with Crippen LogP contribution in [0, 0.1) is 0 Å². The fraction of sp³-hybridized carbons (Fsp3) is 0.562. The van der Waals surface area contributed by atoms with E-state index in [9.17, 15) is 4.79 Å². The van der Waals surface area contributed by atoms with E-state index in [1.54, 1.807) is 0 Å². The molecule has 0 radical (unpaired) electrons. The fourth-order valence-corrected chi connectivity index (χ4v) is 3.37. The van der Waals surface area contributed by atoms with Crippen molar-refractivity contribution in [2.75, 3.05) is 7.05 Å². The second-order valence-corrected chi connectivity index (χ2v) is 6.20. The van der Waals surface area contributed by atoms with Crippen LogP contribution in [0.2, 0.25) is 0 Å². The molecule has 2 aliphatic rings. The van der Waals surface area contributed by atoms with Crippen molar-refractivity contribution in [3.05, 3.63) is 35.4 Å². The van der Waals surface area contributed by atoms with Crippen LogP contribution >= 0.6 is 0 Å². The molecule has 102 valence electrons. The Morgan fingerprint density at radius 3 is 2.58 bits per heavy atom. The molecule has 19 heavy (non-hydrogen) atoms. The van der Waals surface area contributed by atoms with Crippen LogP contribution in [0.1, 0.15) is 37.8 Å². The van der Waals surface area contributed by atoms with Gasteiger partial charge in [-0.3, -0.25) is 4.79 Å². The largest absolute Gasteiger partial charge is 0.329 e. The Balaban J connectivity index is 2.13. The van der Waals surface area contributed by atoms with Crippen LogP contribution in [0.3, 0.4) is 0 Å². The number of carbonyl (C=O) groups is 1. The number of nitrogens with one attached hydrogen (secondary N) is 1. The predicted octanol–water partition coefficient (Wildman–Crippen LogP) is 2.06. The Bertz CT molecular complexity index is 505. The van der Waals surface area contributed by atoms with Crippen LogP contribution in [0.5, 0.6) is 0 Å². The summed E-state index contributed by atoms with van der Waals surface area (Å²) >= 11 is 0. The summed E-state index contributed by atoms with van der Waals surface area (Å²) in [7, 11) is 1.88. The zero-order valence-electron chi connectivity index (χ0n) is 11.9. The first-order valence-electron chi connectivity index (χ1n) is 7.14. The summed E-state index contributed by atoms with van der Waals surface area (Å²) in [6.07, 6.45) is 3.08. The maximum absolute atomic E-state index is 12.8. The third-order valence-electron chi connectivity index (χ3n) is 4.50. The van der Waals surface area contributed by atoms with Crippen LogP contribution in [-0.4, -0.2) is 29.9 Å². The lowest BCUT2D eigenvalue weighted by Gasteiger charge is -2.39. The van der Waals surface area contributed by atoms with Gasteiger partial charge in [-0.15, -0.1) is 0 Å². The van der Waals surface area contributed by atoms with Crippen molar-refractivity contribution >= 4 is 5.91 Å². The number of nitrogens with zero attached hydrogens (tertiary/aromatic N) is 1. The third-order valence-corrected chi connectivity index (χ3v) is 4.50. The van der Waals surface area contributed by atoms with E-state index in [0.717, 1.165) is 19.3 Å². The molecule has 1 aromatic rings. The molecule has 1 atom stereocenters. The summed E-state index contributed by atoms with van der Waals surface area (Å²) in [6, 6.07) is 8.82. The SMILES string of the molecule is CNC1Cc2ccccc2C(C)(C)N(C2CC2)C1=O. The maximum atomic E-state index is 12.8. The minimum atomic E-state index is -0.208. The molecular weight excluding hydrogens is 236 g/mol. The maximum Gasteiger partial charge on any atom is 0.240 e. The molecule has 3 nitrogen and oxygen atoms in total. The molecule has 3 heteroatoms. The zero-order valence-corrected chi connectivity index (χ0v) is 11.9. The number of hydrogen-bond donors (Lipinski definition) is 1. The molecular formula is C16H22N2O. The normalized spacial score (nSPS) is 25.9. The number of hydrogen-bond acceptors (Lipinski definition) is 2. The first-order valence-corrected chi connectivity index (χ1v) is 7.14. The quantitative estimate of drug-likeness (QED) is 0.880. The number of amides is 1. The van der Waals surface area contributed by atoms with Crippen molar-refractivity contribution in [3.8, 4) is 0 Å². The van der Waals surface area contributed by atoms with Gasteiger partial charge in [0.15, 0.2) is 0 Å². The Labute approximate surface area is 115 Å². The van der Waals surface area contributed by atoms with Crippen molar-refractivity contribution in [2.24, 2.45) is 0 Å². The molecule has 1 amide bonds. The summed E-state index contributed by atoms with van der Waals surface area (Å²) in [5.74, 6) is 0.256. The highest BCUT2D eigenvalue weighted by Gasteiger charge is 2.46. The van der Waals surface area contributed by atoms with E-state index in [0.29, 0.717) is 6.04 Å². The number of carbonyl (C=O) groups excluding carboxylic acids is 1. The van der Waals surface area contributed by atoms with Crippen LogP contribution in [0.15, 0.2) is 24.3 Å². The Morgan fingerprint density at radius 2 is 1.95 bits per heavy atom. The zero-order chi connectivity index (χ0) is 13.6. The molecule has 0 aromatic heterocycles. The van der Waals surface area contributed by atoms with Crippen molar-refractivity contribution in [1.29, 1.82) is 0 Å². The molecule has 0 saturated heterocycles. The topological polar surface area (TPSA) is 32.3 Å². The first-order chi connectivity index (χ1) is 9.05. The van der Waals surface area contributed by atoms with E-state index in [1.807, 2.05) is 7.05 Å². The highest BCUT2D eigenvalue weighted by Crippen LogP contribution is 2.41. The van der Waals surface area contributed by atoms with Gasteiger partial charge >= 0.3 is 0 Å². The molecule has 1 fully saturated rings. The average Bonchev–Trinajstić information content (AvgIpc) is 3.20. The van der Waals surface area contributed by atoms with E-state index in [-0.39, 0.29) is 17.5 Å². The van der Waals surface area contributed by atoms with Gasteiger partial charge in [-0.05, 0) is 51.3 Å². The molecule has 1 heterocycles. The van der Waals surface area contributed by atoms with Gasteiger partial charge < -0.3 is 10.2 Å². The van der Waals surface area contributed by atoms with Crippen molar-refractivity contribution in [1.82, 2.24) is 10.2 Å². The van der Waals surface area contributed by atoms with E-state index >= 15 is 0 Å². The summed E-state index contributed by atoms with van der Waals surface area (Å²) in [4.78, 5) is 14.9. The smallest absolute Gasteiger partial charge is 0.240 e. The van der Waals surface area contributed by atoms with Gasteiger partial charge in [0.2, 0.25) is 5.91 Å². The monoisotopic (exact) mass is 258 g/mol. The van der Waals surface area contributed by atoms with E-state index in [2.05, 4.69) is 48.3 Å². The van der Waals surface area contributed by atoms with E-state index in [4.69, 9.17) is 0 Å². The second-order valence-electron chi connectivity index (χ2n) is 6.20. The molecule has 1 saturated carbocycles. The minimum absolute atomic E-state index is 0.0940. The molecule has 1 unspecified atom stereocenters.